The fourth-order valence-corrected chi connectivity index (χ4v) is 2.43. The van der Waals surface area contributed by atoms with Crippen LogP contribution in [-0.4, -0.2) is 17.8 Å². The molecule has 0 aromatic heterocycles. The standard InChI is InChI=1S/C15H18N2O3/c1-4-10-7-5-6-8-11(10)17-14(19)12(9(2)3)13(18)16-15(17)20/h5-9,12H,4H2,1-3H3,(H,16,18,20). The monoisotopic (exact) mass is 274 g/mol. The Labute approximate surface area is 118 Å². The third-order valence-electron chi connectivity index (χ3n) is 3.48. The van der Waals surface area contributed by atoms with Crippen LogP contribution in [-0.2, 0) is 16.0 Å². The Morgan fingerprint density at radius 2 is 1.85 bits per heavy atom. The number of hydrogen-bond donors (Lipinski definition) is 1. The van der Waals surface area contributed by atoms with E-state index in [9.17, 15) is 14.4 Å². The second kappa shape index (κ2) is 5.45. The van der Waals surface area contributed by atoms with Gasteiger partial charge in [-0.3, -0.25) is 14.9 Å². The predicted molar refractivity (Wildman–Crippen MR) is 75.2 cm³/mol. The first-order valence-electron chi connectivity index (χ1n) is 6.74. The minimum atomic E-state index is -0.822. The van der Waals surface area contributed by atoms with Crippen molar-refractivity contribution in [3.05, 3.63) is 29.8 Å². The minimum absolute atomic E-state index is 0.160. The molecule has 1 aromatic carbocycles. The molecule has 0 saturated carbocycles. The van der Waals surface area contributed by atoms with E-state index in [2.05, 4.69) is 5.32 Å². The molecule has 0 spiro atoms. The molecule has 20 heavy (non-hydrogen) atoms. The number of benzene rings is 1. The van der Waals surface area contributed by atoms with Crippen LogP contribution >= 0.6 is 0 Å². The van der Waals surface area contributed by atoms with Crippen LogP contribution in [0.4, 0.5) is 10.5 Å². The summed E-state index contributed by atoms with van der Waals surface area (Å²) in [5, 5.41) is 2.27. The zero-order valence-electron chi connectivity index (χ0n) is 11.8. The van der Waals surface area contributed by atoms with E-state index in [1.165, 1.54) is 0 Å². The lowest BCUT2D eigenvalue weighted by molar-refractivity contribution is -0.136. The quantitative estimate of drug-likeness (QED) is 0.858. The third-order valence-corrected chi connectivity index (χ3v) is 3.48. The first-order chi connectivity index (χ1) is 9.47. The van der Waals surface area contributed by atoms with E-state index in [0.717, 1.165) is 10.5 Å². The molecule has 106 valence electrons. The van der Waals surface area contributed by atoms with E-state index in [0.29, 0.717) is 12.1 Å². The lowest BCUT2D eigenvalue weighted by atomic mass is 9.91. The van der Waals surface area contributed by atoms with Gasteiger partial charge in [0.15, 0.2) is 0 Å². The van der Waals surface area contributed by atoms with E-state index in [1.54, 1.807) is 26.0 Å². The first-order valence-corrected chi connectivity index (χ1v) is 6.74. The normalized spacial score (nSPS) is 19.5. The summed E-state index contributed by atoms with van der Waals surface area (Å²) in [7, 11) is 0. The summed E-state index contributed by atoms with van der Waals surface area (Å²) in [6.07, 6.45) is 0.702. The van der Waals surface area contributed by atoms with Gasteiger partial charge in [-0.1, -0.05) is 39.0 Å². The van der Waals surface area contributed by atoms with Crippen molar-refractivity contribution >= 4 is 23.5 Å². The summed E-state index contributed by atoms with van der Waals surface area (Å²) in [4.78, 5) is 37.4. The van der Waals surface area contributed by atoms with Crippen LogP contribution in [0, 0.1) is 11.8 Å². The number of nitrogens with one attached hydrogen (secondary N) is 1. The molecule has 1 atom stereocenters. The second-order valence-corrected chi connectivity index (χ2v) is 5.17. The molecule has 0 radical (unpaired) electrons. The number of amides is 4. The molecule has 4 amide bonds. The number of urea groups is 1. The number of aryl methyl sites for hydroxylation is 1. The Morgan fingerprint density at radius 1 is 1.20 bits per heavy atom. The van der Waals surface area contributed by atoms with Crippen LogP contribution < -0.4 is 10.2 Å². The average molecular weight is 274 g/mol. The Hall–Kier alpha value is -2.17. The van der Waals surface area contributed by atoms with Gasteiger partial charge in [0.25, 0.3) is 0 Å². The summed E-state index contributed by atoms with van der Waals surface area (Å²) in [6, 6.07) is 6.56. The van der Waals surface area contributed by atoms with Crippen molar-refractivity contribution in [3.8, 4) is 0 Å². The van der Waals surface area contributed by atoms with Crippen molar-refractivity contribution < 1.29 is 14.4 Å². The van der Waals surface area contributed by atoms with E-state index in [-0.39, 0.29) is 5.92 Å². The highest BCUT2D eigenvalue weighted by Gasteiger charge is 2.43. The van der Waals surface area contributed by atoms with Gasteiger partial charge in [0.05, 0.1) is 5.69 Å². The van der Waals surface area contributed by atoms with Crippen molar-refractivity contribution in [2.75, 3.05) is 4.90 Å². The molecule has 1 saturated heterocycles. The van der Waals surface area contributed by atoms with Crippen molar-refractivity contribution in [3.63, 3.8) is 0 Å². The molecule has 5 nitrogen and oxygen atoms in total. The van der Waals surface area contributed by atoms with Gasteiger partial charge in [-0.25, -0.2) is 9.69 Å². The van der Waals surface area contributed by atoms with Gasteiger partial charge in [-0.05, 0) is 24.0 Å². The van der Waals surface area contributed by atoms with Gasteiger partial charge >= 0.3 is 6.03 Å². The number of carbonyl (C=O) groups is 3. The molecular weight excluding hydrogens is 256 g/mol. The van der Waals surface area contributed by atoms with Crippen LogP contribution in [0.5, 0.6) is 0 Å². The Bertz CT molecular complexity index is 566. The number of imide groups is 2. The highest BCUT2D eigenvalue weighted by Crippen LogP contribution is 2.27. The van der Waals surface area contributed by atoms with Crippen molar-refractivity contribution in [2.24, 2.45) is 11.8 Å². The average Bonchev–Trinajstić information content (AvgIpc) is 2.38. The molecule has 0 bridgehead atoms. The molecular formula is C15H18N2O3. The zero-order chi connectivity index (χ0) is 14.9. The number of para-hydroxylation sites is 1. The molecule has 1 N–H and O–H groups in total. The summed E-state index contributed by atoms with van der Waals surface area (Å²) < 4.78 is 0. The van der Waals surface area contributed by atoms with Gasteiger partial charge < -0.3 is 0 Å². The van der Waals surface area contributed by atoms with Crippen LogP contribution in [0.1, 0.15) is 26.3 Å². The number of hydrogen-bond acceptors (Lipinski definition) is 3. The van der Waals surface area contributed by atoms with Crippen molar-refractivity contribution in [1.82, 2.24) is 5.32 Å². The maximum absolute atomic E-state index is 12.5. The minimum Gasteiger partial charge on any atom is -0.277 e. The molecule has 1 aromatic rings. The lowest BCUT2D eigenvalue weighted by Gasteiger charge is -2.32. The van der Waals surface area contributed by atoms with E-state index >= 15 is 0 Å². The SMILES string of the molecule is CCc1ccccc1N1C(=O)NC(=O)C(C(C)C)C1=O. The highest BCUT2D eigenvalue weighted by atomic mass is 16.2. The van der Waals surface area contributed by atoms with Crippen molar-refractivity contribution in [2.45, 2.75) is 27.2 Å². The van der Waals surface area contributed by atoms with E-state index in [1.807, 2.05) is 19.1 Å². The van der Waals surface area contributed by atoms with E-state index in [4.69, 9.17) is 0 Å². The van der Waals surface area contributed by atoms with Crippen LogP contribution in [0.15, 0.2) is 24.3 Å². The molecule has 1 aliphatic heterocycles. The molecule has 1 fully saturated rings. The Morgan fingerprint density at radius 3 is 2.45 bits per heavy atom. The first kappa shape index (κ1) is 14.2. The maximum Gasteiger partial charge on any atom is 0.335 e. The largest absolute Gasteiger partial charge is 0.335 e. The van der Waals surface area contributed by atoms with Crippen molar-refractivity contribution in [1.29, 1.82) is 0 Å². The summed E-state index contributed by atoms with van der Waals surface area (Å²) in [5.74, 6) is -1.95. The third kappa shape index (κ3) is 2.31. The van der Waals surface area contributed by atoms with Crippen LogP contribution in [0.2, 0.25) is 0 Å². The number of nitrogens with zero attached hydrogens (tertiary/aromatic N) is 1. The lowest BCUT2D eigenvalue weighted by Crippen LogP contribution is -2.59. The molecule has 1 unspecified atom stereocenters. The Kier molecular flexibility index (Phi) is 3.88. The summed E-state index contributed by atoms with van der Waals surface area (Å²) in [6.45, 7) is 5.54. The number of carbonyl (C=O) groups excluding carboxylic acids is 3. The second-order valence-electron chi connectivity index (χ2n) is 5.17. The molecule has 5 heteroatoms. The molecule has 2 rings (SSSR count). The van der Waals surface area contributed by atoms with Gasteiger partial charge in [-0.2, -0.15) is 0 Å². The number of anilines is 1. The van der Waals surface area contributed by atoms with Crippen LogP contribution in [0.25, 0.3) is 0 Å². The molecule has 1 heterocycles. The molecule has 1 aliphatic rings. The zero-order valence-corrected chi connectivity index (χ0v) is 11.8. The summed E-state index contributed by atoms with van der Waals surface area (Å²) in [5.41, 5.74) is 1.45. The van der Waals surface area contributed by atoms with Crippen LogP contribution in [0.3, 0.4) is 0 Å². The smallest absolute Gasteiger partial charge is 0.277 e. The van der Waals surface area contributed by atoms with E-state index < -0.39 is 23.8 Å². The predicted octanol–water partition coefficient (Wildman–Crippen LogP) is 2.10. The highest BCUT2D eigenvalue weighted by molar-refractivity contribution is 6.28. The van der Waals surface area contributed by atoms with Gasteiger partial charge in [-0.15, -0.1) is 0 Å². The van der Waals surface area contributed by atoms with Gasteiger partial charge in [0, 0.05) is 0 Å². The number of barbiturate groups is 1. The molecule has 0 aliphatic carbocycles. The fraction of sp³-hybridized carbons (Fsp3) is 0.400. The van der Waals surface area contributed by atoms with Gasteiger partial charge in [0.2, 0.25) is 11.8 Å². The maximum atomic E-state index is 12.5. The summed E-state index contributed by atoms with van der Waals surface area (Å²) >= 11 is 0. The fourth-order valence-electron chi connectivity index (χ4n) is 2.43. The van der Waals surface area contributed by atoms with Gasteiger partial charge in [0.1, 0.15) is 5.92 Å². The Balaban J connectivity index is 2.46. The number of rotatable bonds is 3. The topological polar surface area (TPSA) is 66.5 Å².